The van der Waals surface area contributed by atoms with Crippen molar-refractivity contribution in [3.8, 4) is 0 Å². The van der Waals surface area contributed by atoms with Crippen molar-refractivity contribution in [1.29, 1.82) is 0 Å². The fraction of sp³-hybridized carbons (Fsp3) is 0.889. The molecule has 0 rings (SSSR count). The fourth-order valence-corrected chi connectivity index (χ4v) is 2.95. The summed E-state index contributed by atoms with van der Waals surface area (Å²) in [7, 11) is 0. The van der Waals surface area contributed by atoms with Crippen LogP contribution in [-0.2, 0) is 19.1 Å². The second kappa shape index (κ2) is 19.2. The number of carbonyl (C=O) groups is 2. The molecule has 0 aromatic rings. The predicted octanol–water partition coefficient (Wildman–Crippen LogP) is 5.54. The van der Waals surface area contributed by atoms with Crippen molar-refractivity contribution in [2.75, 3.05) is 23.9 Å². The molecule has 0 aliphatic heterocycles. The Kier molecular flexibility index (Phi) is 19.1. The summed E-state index contributed by atoms with van der Waals surface area (Å²) < 4.78 is 10.3. The monoisotopic (exact) mass is 470 g/mol. The molecule has 0 aliphatic rings. The van der Waals surface area contributed by atoms with Crippen molar-refractivity contribution in [3.63, 3.8) is 0 Å². The first-order valence-electron chi connectivity index (χ1n) is 9.14. The standard InChI is InChI=1S/C18H32Br2O4/c19-13-7-1-3-9-15-23-17(21)11-5-6-12-18(22)24-16-10-4-2-8-14-20/h1-16H2. The van der Waals surface area contributed by atoms with Crippen LogP contribution in [0, 0.1) is 0 Å². The van der Waals surface area contributed by atoms with E-state index >= 15 is 0 Å². The lowest BCUT2D eigenvalue weighted by atomic mass is 10.2. The quantitative estimate of drug-likeness (QED) is 0.158. The van der Waals surface area contributed by atoms with Gasteiger partial charge in [0, 0.05) is 23.5 Å². The van der Waals surface area contributed by atoms with E-state index < -0.39 is 0 Å². The average molecular weight is 472 g/mol. The Morgan fingerprint density at radius 2 is 0.917 bits per heavy atom. The second-order valence-corrected chi connectivity index (χ2v) is 7.44. The lowest BCUT2D eigenvalue weighted by Gasteiger charge is -2.06. The SMILES string of the molecule is O=C(CCCCC(=O)OCCCCCCBr)OCCCCCCBr. The maximum absolute atomic E-state index is 11.5. The van der Waals surface area contributed by atoms with Crippen LogP contribution in [0.5, 0.6) is 0 Å². The smallest absolute Gasteiger partial charge is 0.305 e. The maximum Gasteiger partial charge on any atom is 0.305 e. The first-order valence-corrected chi connectivity index (χ1v) is 11.4. The molecule has 0 amide bonds. The van der Waals surface area contributed by atoms with E-state index in [1.54, 1.807) is 0 Å². The zero-order valence-corrected chi connectivity index (χ0v) is 17.9. The number of hydrogen-bond donors (Lipinski definition) is 0. The van der Waals surface area contributed by atoms with Crippen molar-refractivity contribution in [2.24, 2.45) is 0 Å². The topological polar surface area (TPSA) is 52.6 Å². The summed E-state index contributed by atoms with van der Waals surface area (Å²) in [5.41, 5.74) is 0. The van der Waals surface area contributed by atoms with Crippen LogP contribution >= 0.6 is 31.9 Å². The largest absolute Gasteiger partial charge is 0.466 e. The summed E-state index contributed by atoms with van der Waals surface area (Å²) in [5, 5.41) is 2.07. The molecule has 0 heterocycles. The number of carbonyl (C=O) groups excluding carboxylic acids is 2. The third-order valence-electron chi connectivity index (χ3n) is 3.59. The van der Waals surface area contributed by atoms with Crippen molar-refractivity contribution in [1.82, 2.24) is 0 Å². The minimum absolute atomic E-state index is 0.157. The van der Waals surface area contributed by atoms with E-state index in [0.717, 1.165) is 36.3 Å². The highest BCUT2D eigenvalue weighted by Crippen LogP contribution is 2.06. The summed E-state index contributed by atoms with van der Waals surface area (Å²) >= 11 is 6.79. The third kappa shape index (κ3) is 18.2. The molecule has 0 radical (unpaired) electrons. The second-order valence-electron chi connectivity index (χ2n) is 5.85. The molecule has 6 heteroatoms. The fourth-order valence-electron chi connectivity index (χ4n) is 2.16. The van der Waals surface area contributed by atoms with Gasteiger partial charge in [0.15, 0.2) is 0 Å². The molecule has 0 spiro atoms. The zero-order chi connectivity index (χ0) is 17.9. The Morgan fingerprint density at radius 1 is 0.542 bits per heavy atom. The van der Waals surface area contributed by atoms with E-state index in [1.807, 2.05) is 0 Å². The van der Waals surface area contributed by atoms with E-state index in [1.165, 1.54) is 25.7 Å². The Labute approximate surface area is 163 Å². The molecular weight excluding hydrogens is 440 g/mol. The Balaban J connectivity index is 3.31. The first kappa shape index (κ1) is 23.9. The van der Waals surface area contributed by atoms with E-state index in [0.29, 0.717) is 38.9 Å². The predicted molar refractivity (Wildman–Crippen MR) is 105 cm³/mol. The number of rotatable bonds is 17. The van der Waals surface area contributed by atoms with Crippen LogP contribution in [0.15, 0.2) is 0 Å². The van der Waals surface area contributed by atoms with E-state index in [2.05, 4.69) is 31.9 Å². The Bertz CT molecular complexity index is 281. The molecule has 0 unspecified atom stereocenters. The number of halogens is 2. The highest BCUT2D eigenvalue weighted by molar-refractivity contribution is 9.09. The molecule has 142 valence electrons. The Morgan fingerprint density at radius 3 is 1.29 bits per heavy atom. The van der Waals surface area contributed by atoms with Gasteiger partial charge >= 0.3 is 11.9 Å². The van der Waals surface area contributed by atoms with E-state index in [-0.39, 0.29) is 11.9 Å². The van der Waals surface area contributed by atoms with Crippen LogP contribution < -0.4 is 0 Å². The lowest BCUT2D eigenvalue weighted by Crippen LogP contribution is -2.08. The van der Waals surface area contributed by atoms with Crippen LogP contribution in [-0.4, -0.2) is 35.8 Å². The van der Waals surface area contributed by atoms with E-state index in [4.69, 9.17) is 9.47 Å². The maximum atomic E-state index is 11.5. The molecule has 0 saturated carbocycles. The molecule has 0 saturated heterocycles. The summed E-state index contributed by atoms with van der Waals surface area (Å²) in [6.07, 6.45) is 10.9. The molecular formula is C18H32Br2O4. The van der Waals surface area contributed by atoms with Gasteiger partial charge in [-0.05, 0) is 38.5 Å². The molecule has 4 nitrogen and oxygen atoms in total. The van der Waals surface area contributed by atoms with Gasteiger partial charge in [0.25, 0.3) is 0 Å². The minimum atomic E-state index is -0.157. The molecule has 0 aromatic carbocycles. The minimum Gasteiger partial charge on any atom is -0.466 e. The molecule has 0 N–H and O–H groups in total. The molecule has 0 fully saturated rings. The lowest BCUT2D eigenvalue weighted by molar-refractivity contribution is -0.146. The normalized spacial score (nSPS) is 10.6. The third-order valence-corrected chi connectivity index (χ3v) is 4.72. The molecule has 0 aliphatic carbocycles. The number of alkyl halides is 2. The summed E-state index contributed by atoms with van der Waals surface area (Å²) in [4.78, 5) is 23.0. The number of esters is 2. The van der Waals surface area contributed by atoms with Crippen molar-refractivity contribution in [3.05, 3.63) is 0 Å². The first-order chi connectivity index (χ1) is 11.7. The van der Waals surface area contributed by atoms with Gasteiger partial charge in [-0.2, -0.15) is 0 Å². The molecule has 0 atom stereocenters. The van der Waals surface area contributed by atoms with Crippen LogP contribution in [0.1, 0.15) is 77.0 Å². The molecule has 0 bridgehead atoms. The van der Waals surface area contributed by atoms with Crippen LogP contribution in [0.25, 0.3) is 0 Å². The summed E-state index contributed by atoms with van der Waals surface area (Å²) in [5.74, 6) is -0.314. The van der Waals surface area contributed by atoms with Gasteiger partial charge < -0.3 is 9.47 Å². The number of ether oxygens (including phenoxy) is 2. The highest BCUT2D eigenvalue weighted by Gasteiger charge is 2.06. The van der Waals surface area contributed by atoms with Gasteiger partial charge in [0.2, 0.25) is 0 Å². The van der Waals surface area contributed by atoms with Crippen LogP contribution in [0.4, 0.5) is 0 Å². The van der Waals surface area contributed by atoms with Crippen LogP contribution in [0.2, 0.25) is 0 Å². The average Bonchev–Trinajstić information content (AvgIpc) is 2.58. The van der Waals surface area contributed by atoms with Gasteiger partial charge in [0.1, 0.15) is 0 Å². The van der Waals surface area contributed by atoms with Crippen molar-refractivity contribution in [2.45, 2.75) is 77.0 Å². The van der Waals surface area contributed by atoms with Crippen LogP contribution in [0.3, 0.4) is 0 Å². The van der Waals surface area contributed by atoms with Gasteiger partial charge in [-0.15, -0.1) is 0 Å². The Hall–Kier alpha value is -0.100. The van der Waals surface area contributed by atoms with Crippen molar-refractivity contribution >= 4 is 43.8 Å². The zero-order valence-electron chi connectivity index (χ0n) is 14.7. The summed E-state index contributed by atoms with van der Waals surface area (Å²) in [6, 6.07) is 0. The van der Waals surface area contributed by atoms with E-state index in [9.17, 15) is 9.59 Å². The number of unbranched alkanes of at least 4 members (excludes halogenated alkanes) is 7. The molecule has 24 heavy (non-hydrogen) atoms. The highest BCUT2D eigenvalue weighted by atomic mass is 79.9. The van der Waals surface area contributed by atoms with Gasteiger partial charge in [-0.1, -0.05) is 57.5 Å². The summed E-state index contributed by atoms with van der Waals surface area (Å²) in [6.45, 7) is 1.02. The number of hydrogen-bond acceptors (Lipinski definition) is 4. The van der Waals surface area contributed by atoms with Gasteiger partial charge in [-0.25, -0.2) is 0 Å². The molecule has 0 aromatic heterocycles. The van der Waals surface area contributed by atoms with Gasteiger partial charge in [0.05, 0.1) is 13.2 Å². The van der Waals surface area contributed by atoms with Crippen molar-refractivity contribution < 1.29 is 19.1 Å². The van der Waals surface area contributed by atoms with Gasteiger partial charge in [-0.3, -0.25) is 9.59 Å².